The lowest BCUT2D eigenvalue weighted by Gasteiger charge is -2.13. The van der Waals surface area contributed by atoms with Crippen molar-refractivity contribution in [2.45, 2.75) is 90.9 Å². The van der Waals surface area contributed by atoms with Gasteiger partial charge in [-0.2, -0.15) is 0 Å². The van der Waals surface area contributed by atoms with Gasteiger partial charge in [0.2, 0.25) is 0 Å². The van der Waals surface area contributed by atoms with Gasteiger partial charge in [0.1, 0.15) is 11.5 Å². The van der Waals surface area contributed by atoms with Gasteiger partial charge in [-0.25, -0.2) is 0 Å². The monoisotopic (exact) mass is 538 g/mol. The summed E-state index contributed by atoms with van der Waals surface area (Å²) in [7, 11) is 0. The van der Waals surface area contributed by atoms with Crippen LogP contribution in [-0.2, 0) is 0 Å². The molecule has 26 heavy (non-hydrogen) atoms. The molecular weight excluding hydrogens is 503 g/mol. The molecule has 1 aromatic rings. The van der Waals surface area contributed by atoms with Gasteiger partial charge in [0.15, 0.2) is 0 Å². The van der Waals surface area contributed by atoms with Gasteiger partial charge in [-0.05, 0) is 63.5 Å². The highest BCUT2D eigenvalue weighted by atomic mass is 127. The van der Waals surface area contributed by atoms with Crippen molar-refractivity contribution in [2.75, 3.05) is 13.2 Å². The SMILES string of the molecule is CCCCCCCCOc1cc(I)c(OCCCCCCCC)cc1Br. The highest BCUT2D eigenvalue weighted by molar-refractivity contribution is 14.1. The van der Waals surface area contributed by atoms with E-state index in [1.807, 2.05) is 0 Å². The van der Waals surface area contributed by atoms with Crippen molar-refractivity contribution in [3.8, 4) is 11.5 Å². The van der Waals surface area contributed by atoms with Crippen molar-refractivity contribution in [1.29, 1.82) is 0 Å². The average molecular weight is 539 g/mol. The van der Waals surface area contributed by atoms with E-state index in [1.165, 1.54) is 64.2 Å². The van der Waals surface area contributed by atoms with Crippen LogP contribution in [0, 0.1) is 3.57 Å². The summed E-state index contributed by atoms with van der Waals surface area (Å²) >= 11 is 5.97. The first-order chi connectivity index (χ1) is 12.7. The Morgan fingerprint density at radius 3 is 1.69 bits per heavy atom. The molecule has 0 N–H and O–H groups in total. The topological polar surface area (TPSA) is 18.5 Å². The van der Waals surface area contributed by atoms with Gasteiger partial charge in [-0.3, -0.25) is 0 Å². The number of benzene rings is 1. The molecule has 0 aromatic heterocycles. The Hall–Kier alpha value is 0.0300. The molecule has 0 aliphatic carbocycles. The molecule has 0 aliphatic heterocycles. The van der Waals surface area contributed by atoms with Gasteiger partial charge in [-0.15, -0.1) is 0 Å². The van der Waals surface area contributed by atoms with E-state index in [1.54, 1.807) is 0 Å². The van der Waals surface area contributed by atoms with Crippen LogP contribution in [0.25, 0.3) is 0 Å². The summed E-state index contributed by atoms with van der Waals surface area (Å²) in [5, 5.41) is 0. The molecule has 0 saturated carbocycles. The summed E-state index contributed by atoms with van der Waals surface area (Å²) in [4.78, 5) is 0. The summed E-state index contributed by atoms with van der Waals surface area (Å²) in [6.07, 6.45) is 15.4. The van der Waals surface area contributed by atoms with Gasteiger partial charge in [-0.1, -0.05) is 78.1 Å². The predicted octanol–water partition coefficient (Wildman–Crippen LogP) is 8.53. The largest absolute Gasteiger partial charge is 0.492 e. The number of ether oxygens (including phenoxy) is 2. The Bertz CT molecular complexity index is 436. The minimum atomic E-state index is 0.790. The molecule has 0 fully saturated rings. The van der Waals surface area contributed by atoms with Crippen molar-refractivity contribution >= 4 is 38.5 Å². The van der Waals surface area contributed by atoms with Crippen LogP contribution in [0.5, 0.6) is 11.5 Å². The van der Waals surface area contributed by atoms with Gasteiger partial charge >= 0.3 is 0 Å². The maximum Gasteiger partial charge on any atom is 0.134 e. The van der Waals surface area contributed by atoms with Crippen molar-refractivity contribution in [1.82, 2.24) is 0 Å². The first kappa shape index (κ1) is 24.1. The van der Waals surface area contributed by atoms with E-state index in [-0.39, 0.29) is 0 Å². The predicted molar refractivity (Wildman–Crippen MR) is 125 cm³/mol. The number of halogens is 2. The zero-order chi connectivity index (χ0) is 19.0. The average Bonchev–Trinajstić information content (AvgIpc) is 2.63. The molecule has 0 spiro atoms. The Labute approximate surface area is 183 Å². The third kappa shape index (κ3) is 11.0. The maximum atomic E-state index is 5.97. The van der Waals surface area contributed by atoms with Crippen LogP contribution >= 0.6 is 38.5 Å². The summed E-state index contributed by atoms with van der Waals surface area (Å²) in [5.74, 6) is 1.88. The molecule has 0 aliphatic rings. The molecule has 0 heterocycles. The number of hydrogen-bond acceptors (Lipinski definition) is 2. The third-order valence-electron chi connectivity index (χ3n) is 4.50. The van der Waals surface area contributed by atoms with E-state index in [9.17, 15) is 0 Å². The van der Waals surface area contributed by atoms with Crippen molar-refractivity contribution in [3.05, 3.63) is 20.2 Å². The first-order valence-electron chi connectivity index (χ1n) is 10.4. The highest BCUT2D eigenvalue weighted by Gasteiger charge is 2.09. The van der Waals surface area contributed by atoms with E-state index in [0.29, 0.717) is 0 Å². The second kappa shape index (κ2) is 16.0. The lowest BCUT2D eigenvalue weighted by atomic mass is 10.1. The molecule has 2 nitrogen and oxygen atoms in total. The molecule has 0 unspecified atom stereocenters. The van der Waals surface area contributed by atoms with E-state index < -0.39 is 0 Å². The zero-order valence-electron chi connectivity index (χ0n) is 16.6. The van der Waals surface area contributed by atoms with Gasteiger partial charge in [0.05, 0.1) is 21.3 Å². The van der Waals surface area contributed by atoms with Crippen LogP contribution in [-0.4, -0.2) is 13.2 Å². The fourth-order valence-corrected chi connectivity index (χ4v) is 3.89. The van der Waals surface area contributed by atoms with Crippen LogP contribution in [0.15, 0.2) is 16.6 Å². The summed E-state index contributed by atoms with van der Waals surface area (Å²) in [5.41, 5.74) is 0. The van der Waals surface area contributed by atoms with E-state index >= 15 is 0 Å². The highest BCUT2D eigenvalue weighted by Crippen LogP contribution is 2.34. The van der Waals surface area contributed by atoms with Crippen LogP contribution < -0.4 is 9.47 Å². The Morgan fingerprint density at radius 1 is 0.692 bits per heavy atom. The first-order valence-corrected chi connectivity index (χ1v) is 12.3. The molecule has 1 rings (SSSR count). The van der Waals surface area contributed by atoms with Crippen molar-refractivity contribution in [3.63, 3.8) is 0 Å². The number of unbranched alkanes of at least 4 members (excludes halogenated alkanes) is 10. The molecule has 150 valence electrons. The van der Waals surface area contributed by atoms with Crippen LogP contribution in [0.2, 0.25) is 0 Å². The summed E-state index contributed by atoms with van der Waals surface area (Å²) in [6.45, 7) is 6.10. The second-order valence-electron chi connectivity index (χ2n) is 6.95. The molecule has 0 atom stereocenters. The van der Waals surface area contributed by atoms with E-state index in [0.717, 1.165) is 45.6 Å². The lowest BCUT2D eigenvalue weighted by Crippen LogP contribution is -2.02. The third-order valence-corrected chi connectivity index (χ3v) is 5.96. The Morgan fingerprint density at radius 2 is 1.15 bits per heavy atom. The normalized spacial score (nSPS) is 10.9. The smallest absolute Gasteiger partial charge is 0.134 e. The van der Waals surface area contributed by atoms with E-state index in [4.69, 9.17) is 9.47 Å². The van der Waals surface area contributed by atoms with Crippen LogP contribution in [0.4, 0.5) is 0 Å². The van der Waals surface area contributed by atoms with Gasteiger partial charge in [0, 0.05) is 0 Å². The van der Waals surface area contributed by atoms with Gasteiger partial charge in [0.25, 0.3) is 0 Å². The molecule has 1 aromatic carbocycles. The molecule has 0 bridgehead atoms. The van der Waals surface area contributed by atoms with Crippen molar-refractivity contribution in [2.24, 2.45) is 0 Å². The van der Waals surface area contributed by atoms with E-state index in [2.05, 4.69) is 64.5 Å². The zero-order valence-corrected chi connectivity index (χ0v) is 20.4. The summed E-state index contributed by atoms with van der Waals surface area (Å²) < 4.78 is 14.0. The Kier molecular flexibility index (Phi) is 14.8. The fraction of sp³-hybridized carbons (Fsp3) is 0.727. The fourth-order valence-electron chi connectivity index (χ4n) is 2.86. The molecule has 4 heteroatoms. The minimum Gasteiger partial charge on any atom is -0.492 e. The number of rotatable bonds is 16. The molecular formula is C22H36BrIO2. The minimum absolute atomic E-state index is 0.790. The van der Waals surface area contributed by atoms with Gasteiger partial charge < -0.3 is 9.47 Å². The maximum absolute atomic E-state index is 5.97. The molecule has 0 radical (unpaired) electrons. The number of hydrogen-bond donors (Lipinski definition) is 0. The second-order valence-corrected chi connectivity index (χ2v) is 8.96. The van der Waals surface area contributed by atoms with Crippen molar-refractivity contribution < 1.29 is 9.47 Å². The standard InChI is InChI=1S/C22H36BrIO2/c1-3-5-7-9-11-13-15-25-21-18-20(24)22(17-19(21)23)26-16-14-12-10-8-6-4-2/h17-18H,3-16H2,1-2H3. The lowest BCUT2D eigenvalue weighted by molar-refractivity contribution is 0.293. The molecule has 0 amide bonds. The molecule has 0 saturated heterocycles. The Balaban J connectivity index is 2.26. The van der Waals surface area contributed by atoms with Crippen LogP contribution in [0.1, 0.15) is 90.9 Å². The summed E-state index contributed by atoms with van der Waals surface area (Å²) in [6, 6.07) is 4.13. The quantitative estimate of drug-likeness (QED) is 0.155. The van der Waals surface area contributed by atoms with Crippen LogP contribution in [0.3, 0.4) is 0 Å².